The smallest absolute Gasteiger partial charge is 0.269 e. The molecule has 2 aliphatic rings. The van der Waals surface area contributed by atoms with E-state index in [0.29, 0.717) is 23.8 Å². The molecule has 5 rings (SSSR count). The van der Waals surface area contributed by atoms with Gasteiger partial charge in [-0.25, -0.2) is 4.68 Å². The molecule has 3 heterocycles. The Bertz CT molecular complexity index is 1120. The zero-order valence-electron chi connectivity index (χ0n) is 14.7. The molecule has 140 valence electrons. The molecule has 1 atom stereocenters. The molecule has 1 unspecified atom stereocenters. The van der Waals surface area contributed by atoms with E-state index in [1.165, 1.54) is 12.1 Å². The maximum atomic E-state index is 12.7. The second-order valence-electron chi connectivity index (χ2n) is 6.72. The molecule has 2 aromatic heterocycles. The number of rotatable bonds is 3. The normalized spacial score (nSPS) is 18.4. The molecule has 1 aromatic carbocycles. The Kier molecular flexibility index (Phi) is 3.83. The molecule has 0 saturated carbocycles. The van der Waals surface area contributed by atoms with Gasteiger partial charge in [-0.15, -0.1) is 16.4 Å². The van der Waals surface area contributed by atoms with Crippen molar-refractivity contribution in [3.63, 3.8) is 0 Å². The molecule has 0 saturated heterocycles. The van der Waals surface area contributed by atoms with Crippen molar-refractivity contribution in [2.75, 3.05) is 5.32 Å². The number of nitro groups is 1. The summed E-state index contributed by atoms with van der Waals surface area (Å²) in [6.45, 7) is 0. The van der Waals surface area contributed by atoms with Crippen LogP contribution in [-0.4, -0.2) is 25.5 Å². The summed E-state index contributed by atoms with van der Waals surface area (Å²) in [5.74, 6) is 1.19. The first-order valence-electron chi connectivity index (χ1n) is 8.90. The Morgan fingerprint density at radius 3 is 2.75 bits per heavy atom. The zero-order valence-corrected chi connectivity index (χ0v) is 15.5. The highest BCUT2D eigenvalue weighted by molar-refractivity contribution is 7.10. The van der Waals surface area contributed by atoms with Crippen molar-refractivity contribution in [1.29, 1.82) is 0 Å². The maximum absolute atomic E-state index is 12.7. The number of nitrogens with zero attached hydrogens (tertiary/aromatic N) is 4. The lowest BCUT2D eigenvalue weighted by Gasteiger charge is -2.31. The number of carbonyl (C=O) groups is 1. The molecule has 8 nitrogen and oxygen atoms in total. The Balaban J connectivity index is 1.61. The number of allylic oxidation sites excluding steroid dienone is 2. The van der Waals surface area contributed by atoms with Crippen LogP contribution in [0.3, 0.4) is 0 Å². The van der Waals surface area contributed by atoms with Crippen molar-refractivity contribution in [1.82, 2.24) is 14.8 Å². The number of ketones is 1. The zero-order chi connectivity index (χ0) is 19.3. The summed E-state index contributed by atoms with van der Waals surface area (Å²) in [6, 6.07) is 9.82. The van der Waals surface area contributed by atoms with Crippen LogP contribution in [0.5, 0.6) is 0 Å². The molecule has 0 fully saturated rings. The van der Waals surface area contributed by atoms with Gasteiger partial charge in [-0.2, -0.15) is 4.98 Å². The van der Waals surface area contributed by atoms with Crippen molar-refractivity contribution in [2.45, 2.75) is 25.3 Å². The number of non-ortho nitro benzene ring substituents is 1. The minimum absolute atomic E-state index is 0.0186. The van der Waals surface area contributed by atoms with Gasteiger partial charge >= 0.3 is 0 Å². The van der Waals surface area contributed by atoms with E-state index in [-0.39, 0.29) is 17.5 Å². The Labute approximate surface area is 163 Å². The van der Waals surface area contributed by atoms with Gasteiger partial charge in [-0.1, -0.05) is 6.07 Å². The first kappa shape index (κ1) is 16.8. The van der Waals surface area contributed by atoms with Gasteiger partial charge in [-0.3, -0.25) is 14.9 Å². The second-order valence-corrected chi connectivity index (χ2v) is 7.70. The lowest BCUT2D eigenvalue weighted by atomic mass is 9.88. The number of aromatic nitrogens is 3. The number of nitrogens with one attached hydrogen (secondary N) is 1. The quantitative estimate of drug-likeness (QED) is 0.534. The molecule has 1 aliphatic heterocycles. The van der Waals surface area contributed by atoms with Gasteiger partial charge in [0.25, 0.3) is 5.69 Å². The summed E-state index contributed by atoms with van der Waals surface area (Å²) in [4.78, 5) is 28.8. The molecule has 3 aromatic rings. The lowest BCUT2D eigenvalue weighted by molar-refractivity contribution is -0.384. The van der Waals surface area contributed by atoms with Crippen molar-refractivity contribution in [3.8, 4) is 11.4 Å². The lowest BCUT2D eigenvalue weighted by Crippen LogP contribution is -2.31. The highest BCUT2D eigenvalue weighted by atomic mass is 32.1. The predicted molar refractivity (Wildman–Crippen MR) is 104 cm³/mol. The summed E-state index contributed by atoms with van der Waals surface area (Å²) in [5, 5.41) is 20.8. The van der Waals surface area contributed by atoms with Crippen LogP contribution in [0.1, 0.15) is 30.2 Å². The molecule has 9 heteroatoms. The van der Waals surface area contributed by atoms with E-state index in [9.17, 15) is 14.9 Å². The topological polar surface area (TPSA) is 103 Å². The van der Waals surface area contributed by atoms with E-state index in [0.717, 1.165) is 29.0 Å². The van der Waals surface area contributed by atoms with Crippen LogP contribution >= 0.6 is 11.3 Å². The summed E-state index contributed by atoms with van der Waals surface area (Å²) in [6.07, 6.45) is 2.18. The summed E-state index contributed by atoms with van der Waals surface area (Å²) in [5.41, 5.74) is 2.39. The van der Waals surface area contributed by atoms with E-state index in [1.807, 2.05) is 17.5 Å². The van der Waals surface area contributed by atoms with E-state index in [1.54, 1.807) is 28.2 Å². The molecule has 28 heavy (non-hydrogen) atoms. The average Bonchev–Trinajstić information content (AvgIpc) is 3.36. The largest absolute Gasteiger partial charge is 0.328 e. The first-order chi connectivity index (χ1) is 13.6. The van der Waals surface area contributed by atoms with E-state index in [4.69, 9.17) is 0 Å². The number of benzene rings is 1. The fourth-order valence-corrected chi connectivity index (χ4v) is 4.54. The van der Waals surface area contributed by atoms with Crippen LogP contribution in [0, 0.1) is 10.1 Å². The van der Waals surface area contributed by atoms with Gasteiger partial charge in [0.2, 0.25) is 5.95 Å². The molecule has 0 amide bonds. The van der Waals surface area contributed by atoms with E-state index in [2.05, 4.69) is 15.4 Å². The van der Waals surface area contributed by atoms with Gasteiger partial charge < -0.3 is 5.32 Å². The summed E-state index contributed by atoms with van der Waals surface area (Å²) >= 11 is 1.58. The fraction of sp³-hybridized carbons (Fsp3) is 0.211. The van der Waals surface area contributed by atoms with Crippen LogP contribution in [0.4, 0.5) is 11.6 Å². The SMILES string of the molecule is O=C1CCCC2=C1C(c1cccs1)n1nc(-c3ccc([N+](=O)[O-])cc3)nc1N2. The van der Waals surface area contributed by atoms with Gasteiger partial charge in [-0.05, 0) is 36.4 Å². The van der Waals surface area contributed by atoms with Crippen LogP contribution < -0.4 is 5.32 Å². The van der Waals surface area contributed by atoms with Crippen LogP contribution in [-0.2, 0) is 4.79 Å². The number of fused-ring (bicyclic) bond motifs is 1. The molecule has 1 aliphatic carbocycles. The monoisotopic (exact) mass is 393 g/mol. The number of thiophene rings is 1. The summed E-state index contributed by atoms with van der Waals surface area (Å²) < 4.78 is 1.75. The number of hydrogen-bond acceptors (Lipinski definition) is 7. The number of nitro benzene ring substituents is 1. The third kappa shape index (κ3) is 2.63. The third-order valence-electron chi connectivity index (χ3n) is 5.02. The molecule has 1 N–H and O–H groups in total. The number of anilines is 1. The van der Waals surface area contributed by atoms with Gasteiger partial charge in [0.15, 0.2) is 11.6 Å². The minimum Gasteiger partial charge on any atom is -0.328 e. The van der Waals surface area contributed by atoms with E-state index >= 15 is 0 Å². The molecule has 0 spiro atoms. The van der Waals surface area contributed by atoms with Gasteiger partial charge in [0.1, 0.15) is 6.04 Å². The number of Topliss-reactive ketones (excluding diaryl/α,β-unsaturated/α-hetero) is 1. The van der Waals surface area contributed by atoms with E-state index < -0.39 is 4.92 Å². The highest BCUT2D eigenvalue weighted by Crippen LogP contribution is 2.41. The fourth-order valence-electron chi connectivity index (χ4n) is 3.72. The number of hydrogen-bond donors (Lipinski definition) is 1. The first-order valence-corrected chi connectivity index (χ1v) is 9.78. The van der Waals surface area contributed by atoms with Gasteiger partial charge in [0.05, 0.1) is 4.92 Å². The molecule has 0 bridgehead atoms. The van der Waals surface area contributed by atoms with Crippen LogP contribution in [0.25, 0.3) is 11.4 Å². The van der Waals surface area contributed by atoms with Crippen LogP contribution in [0.2, 0.25) is 0 Å². The Hall–Kier alpha value is -3.33. The Morgan fingerprint density at radius 2 is 2.04 bits per heavy atom. The molecular formula is C19H15N5O3S. The van der Waals surface area contributed by atoms with Crippen molar-refractivity contribution in [2.24, 2.45) is 0 Å². The minimum atomic E-state index is -0.437. The van der Waals surface area contributed by atoms with Crippen LogP contribution in [0.15, 0.2) is 53.0 Å². The predicted octanol–water partition coefficient (Wildman–Crippen LogP) is 3.94. The maximum Gasteiger partial charge on any atom is 0.269 e. The second kappa shape index (κ2) is 6.38. The summed E-state index contributed by atoms with van der Waals surface area (Å²) in [7, 11) is 0. The van der Waals surface area contributed by atoms with Gasteiger partial charge in [0, 0.05) is 40.3 Å². The third-order valence-corrected chi connectivity index (χ3v) is 5.94. The van der Waals surface area contributed by atoms with Crippen molar-refractivity contribution in [3.05, 3.63) is 68.0 Å². The Morgan fingerprint density at radius 1 is 1.21 bits per heavy atom. The average molecular weight is 393 g/mol. The standard InChI is InChI=1S/C19H15N5O3S/c25-14-4-1-3-13-16(14)17(15-5-2-10-28-15)23-19(20-13)21-18(22-23)11-6-8-12(9-7-11)24(26)27/h2,5-10,17H,1,3-4H2,(H,20,21,22). The number of carbonyl (C=O) groups excluding carboxylic acids is 1. The van der Waals surface area contributed by atoms with Crippen molar-refractivity contribution < 1.29 is 9.72 Å². The highest BCUT2D eigenvalue weighted by Gasteiger charge is 2.37. The molecule has 0 radical (unpaired) electrons. The van der Waals surface area contributed by atoms with Crippen molar-refractivity contribution >= 4 is 28.8 Å². The molecular weight excluding hydrogens is 378 g/mol.